The van der Waals surface area contributed by atoms with Crippen LogP contribution in [0, 0.1) is 0 Å². The van der Waals surface area contributed by atoms with Crippen molar-refractivity contribution in [3.05, 3.63) is 46.5 Å². The average Bonchev–Trinajstić information content (AvgIpc) is 2.87. The standard InChI is InChI=1S/C11H13NOS/c12-11(10-3-5-13-7-10)2-1-9-4-6-14-8-9/h3-8,11H,1-2,12H2. The number of furan rings is 1. The molecule has 1 unspecified atom stereocenters. The van der Waals surface area contributed by atoms with Gasteiger partial charge in [-0.15, -0.1) is 0 Å². The van der Waals surface area contributed by atoms with E-state index in [1.807, 2.05) is 6.07 Å². The Morgan fingerprint density at radius 2 is 2.36 bits per heavy atom. The summed E-state index contributed by atoms with van der Waals surface area (Å²) in [6.45, 7) is 0. The Morgan fingerprint density at radius 1 is 1.43 bits per heavy atom. The first-order valence-corrected chi connectivity index (χ1v) is 5.59. The minimum absolute atomic E-state index is 0.0913. The van der Waals surface area contributed by atoms with Gasteiger partial charge in [0.2, 0.25) is 0 Å². The van der Waals surface area contributed by atoms with Crippen LogP contribution in [0.1, 0.15) is 23.6 Å². The monoisotopic (exact) mass is 207 g/mol. The molecule has 0 saturated carbocycles. The van der Waals surface area contributed by atoms with Crippen LogP contribution in [0.4, 0.5) is 0 Å². The number of hydrogen-bond donors (Lipinski definition) is 1. The van der Waals surface area contributed by atoms with Gasteiger partial charge in [-0.05, 0) is 41.3 Å². The number of nitrogens with two attached hydrogens (primary N) is 1. The van der Waals surface area contributed by atoms with Crippen molar-refractivity contribution in [2.75, 3.05) is 0 Å². The third-order valence-corrected chi connectivity index (χ3v) is 3.03. The fourth-order valence-corrected chi connectivity index (χ4v) is 2.11. The Kier molecular flexibility index (Phi) is 3.01. The summed E-state index contributed by atoms with van der Waals surface area (Å²) >= 11 is 1.73. The second-order valence-corrected chi connectivity index (χ2v) is 4.11. The summed E-state index contributed by atoms with van der Waals surface area (Å²) < 4.78 is 4.99. The molecule has 0 aliphatic rings. The van der Waals surface area contributed by atoms with Crippen LogP contribution in [0.2, 0.25) is 0 Å². The third kappa shape index (κ3) is 2.25. The topological polar surface area (TPSA) is 39.2 Å². The molecule has 2 aromatic rings. The predicted octanol–water partition coefficient (Wildman–Crippen LogP) is 2.97. The highest BCUT2D eigenvalue weighted by Gasteiger charge is 2.07. The number of thiophene rings is 1. The molecule has 0 fully saturated rings. The quantitative estimate of drug-likeness (QED) is 0.837. The van der Waals surface area contributed by atoms with Crippen molar-refractivity contribution in [3.8, 4) is 0 Å². The maximum atomic E-state index is 6.00. The van der Waals surface area contributed by atoms with E-state index >= 15 is 0 Å². The van der Waals surface area contributed by atoms with Crippen LogP contribution in [0.5, 0.6) is 0 Å². The van der Waals surface area contributed by atoms with E-state index in [0.717, 1.165) is 18.4 Å². The molecule has 74 valence electrons. The fourth-order valence-electron chi connectivity index (χ4n) is 1.41. The zero-order chi connectivity index (χ0) is 9.80. The number of aryl methyl sites for hydroxylation is 1. The summed E-state index contributed by atoms with van der Waals surface area (Å²) in [5.74, 6) is 0. The lowest BCUT2D eigenvalue weighted by atomic mass is 10.0. The molecule has 0 aromatic carbocycles. The molecule has 3 heteroatoms. The van der Waals surface area contributed by atoms with Crippen molar-refractivity contribution in [3.63, 3.8) is 0 Å². The first-order chi connectivity index (χ1) is 6.86. The molecule has 0 saturated heterocycles. The molecule has 14 heavy (non-hydrogen) atoms. The van der Waals surface area contributed by atoms with Gasteiger partial charge >= 0.3 is 0 Å². The lowest BCUT2D eigenvalue weighted by molar-refractivity contribution is 0.554. The van der Waals surface area contributed by atoms with Gasteiger partial charge in [0.25, 0.3) is 0 Å². The Hall–Kier alpha value is -1.06. The molecule has 0 spiro atoms. The molecule has 1 atom stereocenters. The van der Waals surface area contributed by atoms with E-state index in [-0.39, 0.29) is 6.04 Å². The minimum atomic E-state index is 0.0913. The Bertz CT molecular complexity index is 353. The van der Waals surface area contributed by atoms with E-state index < -0.39 is 0 Å². The zero-order valence-corrected chi connectivity index (χ0v) is 8.67. The third-order valence-electron chi connectivity index (χ3n) is 2.30. The summed E-state index contributed by atoms with van der Waals surface area (Å²) in [6.07, 6.45) is 5.39. The molecule has 2 rings (SSSR count). The highest BCUT2D eigenvalue weighted by atomic mass is 32.1. The molecule has 2 nitrogen and oxygen atoms in total. The summed E-state index contributed by atoms with van der Waals surface area (Å²) in [5.41, 5.74) is 8.45. The van der Waals surface area contributed by atoms with Gasteiger partial charge in [0.15, 0.2) is 0 Å². The molecule has 0 amide bonds. The Balaban J connectivity index is 1.87. The molecule has 2 heterocycles. The van der Waals surface area contributed by atoms with Crippen molar-refractivity contribution < 1.29 is 4.42 Å². The highest BCUT2D eigenvalue weighted by molar-refractivity contribution is 7.07. The van der Waals surface area contributed by atoms with Gasteiger partial charge in [-0.3, -0.25) is 0 Å². The van der Waals surface area contributed by atoms with Crippen molar-refractivity contribution in [2.24, 2.45) is 5.73 Å². The van der Waals surface area contributed by atoms with E-state index in [2.05, 4.69) is 16.8 Å². The molecule has 0 aliphatic carbocycles. The predicted molar refractivity (Wildman–Crippen MR) is 58.3 cm³/mol. The van der Waals surface area contributed by atoms with Crippen molar-refractivity contribution >= 4 is 11.3 Å². The highest BCUT2D eigenvalue weighted by Crippen LogP contribution is 2.18. The van der Waals surface area contributed by atoms with E-state index in [4.69, 9.17) is 10.2 Å². The van der Waals surface area contributed by atoms with Gasteiger partial charge in [0.1, 0.15) is 0 Å². The van der Waals surface area contributed by atoms with Gasteiger partial charge in [-0.2, -0.15) is 11.3 Å². The molecule has 2 aromatic heterocycles. The Labute approximate surface area is 87.4 Å². The normalized spacial score (nSPS) is 12.9. The largest absolute Gasteiger partial charge is 0.472 e. The van der Waals surface area contributed by atoms with E-state index in [9.17, 15) is 0 Å². The van der Waals surface area contributed by atoms with E-state index in [0.29, 0.717) is 0 Å². The molecular formula is C11H13NOS. The second kappa shape index (κ2) is 4.44. The maximum absolute atomic E-state index is 6.00. The molecule has 0 bridgehead atoms. The maximum Gasteiger partial charge on any atom is 0.0950 e. The molecular weight excluding hydrogens is 194 g/mol. The first kappa shape index (κ1) is 9.49. The van der Waals surface area contributed by atoms with Crippen molar-refractivity contribution in [1.82, 2.24) is 0 Å². The van der Waals surface area contributed by atoms with Crippen LogP contribution in [-0.4, -0.2) is 0 Å². The second-order valence-electron chi connectivity index (χ2n) is 3.33. The lowest BCUT2D eigenvalue weighted by Crippen LogP contribution is -2.09. The molecule has 0 aliphatic heterocycles. The van der Waals surface area contributed by atoms with Gasteiger partial charge in [-0.25, -0.2) is 0 Å². The summed E-state index contributed by atoms with van der Waals surface area (Å²) in [4.78, 5) is 0. The van der Waals surface area contributed by atoms with Crippen LogP contribution >= 0.6 is 11.3 Å². The first-order valence-electron chi connectivity index (χ1n) is 4.65. The SMILES string of the molecule is NC(CCc1ccsc1)c1ccoc1. The van der Waals surface area contributed by atoms with Crippen LogP contribution in [0.15, 0.2) is 39.8 Å². The fraction of sp³-hybridized carbons (Fsp3) is 0.273. The van der Waals surface area contributed by atoms with Crippen LogP contribution in [-0.2, 0) is 6.42 Å². The van der Waals surface area contributed by atoms with Gasteiger partial charge in [0.05, 0.1) is 12.5 Å². The molecule has 0 radical (unpaired) electrons. The zero-order valence-electron chi connectivity index (χ0n) is 7.85. The van der Waals surface area contributed by atoms with Crippen molar-refractivity contribution in [1.29, 1.82) is 0 Å². The lowest BCUT2D eigenvalue weighted by Gasteiger charge is -2.07. The average molecular weight is 207 g/mol. The Morgan fingerprint density at radius 3 is 3.00 bits per heavy atom. The minimum Gasteiger partial charge on any atom is -0.472 e. The van der Waals surface area contributed by atoms with Gasteiger partial charge < -0.3 is 10.2 Å². The van der Waals surface area contributed by atoms with Crippen LogP contribution in [0.25, 0.3) is 0 Å². The van der Waals surface area contributed by atoms with Gasteiger partial charge in [0, 0.05) is 11.6 Å². The summed E-state index contributed by atoms with van der Waals surface area (Å²) in [6, 6.07) is 4.17. The number of hydrogen-bond acceptors (Lipinski definition) is 3. The summed E-state index contributed by atoms with van der Waals surface area (Å²) in [5, 5.41) is 4.26. The smallest absolute Gasteiger partial charge is 0.0950 e. The van der Waals surface area contributed by atoms with Crippen LogP contribution < -0.4 is 5.73 Å². The van der Waals surface area contributed by atoms with E-state index in [1.54, 1.807) is 23.9 Å². The molecule has 2 N–H and O–H groups in total. The van der Waals surface area contributed by atoms with Crippen LogP contribution in [0.3, 0.4) is 0 Å². The van der Waals surface area contributed by atoms with E-state index in [1.165, 1.54) is 5.56 Å². The van der Waals surface area contributed by atoms with Crippen molar-refractivity contribution in [2.45, 2.75) is 18.9 Å². The number of rotatable bonds is 4. The summed E-state index contributed by atoms with van der Waals surface area (Å²) in [7, 11) is 0. The van der Waals surface area contributed by atoms with Gasteiger partial charge in [-0.1, -0.05) is 0 Å².